The molecule has 1 unspecified atom stereocenters. The lowest BCUT2D eigenvalue weighted by molar-refractivity contribution is -0.124. The first kappa shape index (κ1) is 17.7. The van der Waals surface area contributed by atoms with Gasteiger partial charge in [0.2, 0.25) is 11.8 Å². The minimum absolute atomic E-state index is 0.0927. The summed E-state index contributed by atoms with van der Waals surface area (Å²) >= 11 is 0. The highest BCUT2D eigenvalue weighted by molar-refractivity contribution is 5.77. The van der Waals surface area contributed by atoms with Crippen LogP contribution >= 0.6 is 0 Å². The number of piperidine rings is 1. The highest BCUT2D eigenvalue weighted by atomic mass is 16.5. The van der Waals surface area contributed by atoms with Crippen molar-refractivity contribution in [3.63, 3.8) is 0 Å². The predicted octanol–water partition coefficient (Wildman–Crippen LogP) is 2.54. The maximum absolute atomic E-state index is 12.3. The number of aryl methyl sites for hydroxylation is 1. The molecule has 128 valence electrons. The number of ether oxygens (including phenoxy) is 1. The van der Waals surface area contributed by atoms with Crippen LogP contribution in [0, 0.1) is 6.92 Å². The van der Waals surface area contributed by atoms with Gasteiger partial charge in [0.1, 0.15) is 6.61 Å². The van der Waals surface area contributed by atoms with Crippen molar-refractivity contribution in [2.24, 2.45) is 0 Å². The second-order valence-electron chi connectivity index (χ2n) is 7.18. The molecule has 2 rings (SSSR count). The minimum Gasteiger partial charge on any atom is -0.475 e. The number of pyridine rings is 1. The second kappa shape index (κ2) is 7.77. The van der Waals surface area contributed by atoms with E-state index in [4.69, 9.17) is 4.74 Å². The lowest BCUT2D eigenvalue weighted by atomic mass is 9.99. The van der Waals surface area contributed by atoms with Crippen LogP contribution in [0.2, 0.25) is 0 Å². The lowest BCUT2D eigenvalue weighted by Gasteiger charge is -2.33. The summed E-state index contributed by atoms with van der Waals surface area (Å²) in [6.07, 6.45) is 5.83. The van der Waals surface area contributed by atoms with Gasteiger partial charge in [-0.25, -0.2) is 4.98 Å². The molecule has 1 saturated heterocycles. The fourth-order valence-electron chi connectivity index (χ4n) is 2.95. The molecule has 0 saturated carbocycles. The van der Waals surface area contributed by atoms with Gasteiger partial charge < -0.3 is 15.0 Å². The van der Waals surface area contributed by atoms with E-state index < -0.39 is 5.54 Å². The molecule has 1 aromatic heterocycles. The van der Waals surface area contributed by atoms with Crippen molar-refractivity contribution in [1.29, 1.82) is 0 Å². The average Bonchev–Trinajstić information content (AvgIpc) is 2.48. The Morgan fingerprint density at radius 1 is 1.48 bits per heavy atom. The molecule has 1 amide bonds. The average molecular weight is 319 g/mol. The Morgan fingerprint density at radius 3 is 2.96 bits per heavy atom. The van der Waals surface area contributed by atoms with E-state index in [0.29, 0.717) is 24.9 Å². The third-order valence-corrected chi connectivity index (χ3v) is 4.35. The topological polar surface area (TPSA) is 54.5 Å². The molecule has 1 fully saturated rings. The van der Waals surface area contributed by atoms with Crippen LogP contribution in [0.15, 0.2) is 18.3 Å². The van der Waals surface area contributed by atoms with E-state index in [2.05, 4.69) is 22.2 Å². The lowest BCUT2D eigenvalue weighted by Crippen LogP contribution is -2.50. The molecule has 1 aromatic rings. The zero-order valence-electron chi connectivity index (χ0n) is 14.8. The summed E-state index contributed by atoms with van der Waals surface area (Å²) in [5.74, 6) is 0.719. The molecule has 1 aliphatic heterocycles. The first-order valence-electron chi connectivity index (χ1n) is 8.43. The van der Waals surface area contributed by atoms with Gasteiger partial charge in [0.15, 0.2) is 0 Å². The highest BCUT2D eigenvalue weighted by Gasteiger charge is 2.26. The van der Waals surface area contributed by atoms with Crippen molar-refractivity contribution in [3.05, 3.63) is 23.9 Å². The van der Waals surface area contributed by atoms with E-state index in [9.17, 15) is 4.79 Å². The Bertz CT molecular complexity index is 531. The standard InChI is InChI=1S/C18H29N3O2/c1-14-8-7-10-19-17(14)23-13-18(2,3)20-16(22)12-15-9-5-6-11-21(15)4/h7-8,10,15H,5-6,9,11-13H2,1-4H3,(H,20,22). The molecule has 0 bridgehead atoms. The maximum atomic E-state index is 12.3. The number of nitrogens with zero attached hydrogens (tertiary/aromatic N) is 2. The Morgan fingerprint density at radius 2 is 2.26 bits per heavy atom. The zero-order chi connectivity index (χ0) is 16.9. The molecule has 0 radical (unpaired) electrons. The van der Waals surface area contributed by atoms with Crippen molar-refractivity contribution in [1.82, 2.24) is 15.2 Å². The monoisotopic (exact) mass is 319 g/mol. The summed E-state index contributed by atoms with van der Waals surface area (Å²) < 4.78 is 5.78. The zero-order valence-corrected chi connectivity index (χ0v) is 14.8. The fraction of sp³-hybridized carbons (Fsp3) is 0.667. The smallest absolute Gasteiger partial charge is 0.222 e. The first-order valence-corrected chi connectivity index (χ1v) is 8.43. The van der Waals surface area contributed by atoms with Crippen molar-refractivity contribution in [3.8, 4) is 5.88 Å². The largest absolute Gasteiger partial charge is 0.475 e. The number of hydrogen-bond donors (Lipinski definition) is 1. The summed E-state index contributed by atoms with van der Waals surface area (Å²) in [4.78, 5) is 18.9. The molecule has 2 heterocycles. The Balaban J connectivity index is 1.82. The van der Waals surface area contributed by atoms with Gasteiger partial charge in [-0.1, -0.05) is 12.5 Å². The summed E-state index contributed by atoms with van der Waals surface area (Å²) in [6, 6.07) is 4.21. The van der Waals surface area contributed by atoms with Crippen LogP contribution in [0.25, 0.3) is 0 Å². The van der Waals surface area contributed by atoms with Crippen LogP contribution in [0.4, 0.5) is 0 Å². The van der Waals surface area contributed by atoms with E-state index in [1.165, 1.54) is 12.8 Å². The van der Waals surface area contributed by atoms with Crippen LogP contribution in [0.3, 0.4) is 0 Å². The molecule has 0 aliphatic carbocycles. The van der Waals surface area contributed by atoms with Gasteiger partial charge in [-0.2, -0.15) is 0 Å². The number of aromatic nitrogens is 1. The Labute approximate surface area is 139 Å². The number of carbonyl (C=O) groups is 1. The summed E-state index contributed by atoms with van der Waals surface area (Å²) in [7, 11) is 2.11. The van der Waals surface area contributed by atoms with Crippen LogP contribution in [0.1, 0.15) is 45.1 Å². The third kappa shape index (κ3) is 5.50. The van der Waals surface area contributed by atoms with Gasteiger partial charge in [-0.3, -0.25) is 4.79 Å². The van der Waals surface area contributed by atoms with Gasteiger partial charge in [0.05, 0.1) is 5.54 Å². The predicted molar refractivity (Wildman–Crippen MR) is 91.6 cm³/mol. The maximum Gasteiger partial charge on any atom is 0.222 e. The second-order valence-corrected chi connectivity index (χ2v) is 7.18. The molecule has 1 aliphatic rings. The molecule has 0 aromatic carbocycles. The first-order chi connectivity index (χ1) is 10.9. The number of hydrogen-bond acceptors (Lipinski definition) is 4. The quantitative estimate of drug-likeness (QED) is 0.875. The normalized spacial score (nSPS) is 19.4. The molecule has 1 atom stereocenters. The van der Waals surface area contributed by atoms with Crippen LogP contribution in [-0.2, 0) is 4.79 Å². The number of likely N-dealkylation sites (tertiary alicyclic amines) is 1. The van der Waals surface area contributed by atoms with E-state index in [1.807, 2.05) is 32.9 Å². The van der Waals surface area contributed by atoms with Crippen molar-refractivity contribution >= 4 is 5.91 Å². The van der Waals surface area contributed by atoms with E-state index in [1.54, 1.807) is 6.20 Å². The molecule has 1 N–H and O–H groups in total. The molecular formula is C18H29N3O2. The molecule has 0 spiro atoms. The third-order valence-electron chi connectivity index (χ3n) is 4.35. The minimum atomic E-state index is -0.422. The highest BCUT2D eigenvalue weighted by Crippen LogP contribution is 2.19. The van der Waals surface area contributed by atoms with Gasteiger partial charge in [-0.05, 0) is 53.3 Å². The van der Waals surface area contributed by atoms with E-state index >= 15 is 0 Å². The Hall–Kier alpha value is -1.62. The van der Waals surface area contributed by atoms with E-state index in [0.717, 1.165) is 18.5 Å². The van der Waals surface area contributed by atoms with E-state index in [-0.39, 0.29) is 5.91 Å². The number of nitrogens with one attached hydrogen (secondary N) is 1. The van der Waals surface area contributed by atoms with Gasteiger partial charge in [0, 0.05) is 24.2 Å². The van der Waals surface area contributed by atoms with Gasteiger partial charge in [-0.15, -0.1) is 0 Å². The SMILES string of the molecule is Cc1cccnc1OCC(C)(C)NC(=O)CC1CCCCN1C. The number of carbonyl (C=O) groups excluding carboxylic acids is 1. The van der Waals surface area contributed by atoms with Crippen molar-refractivity contribution in [2.75, 3.05) is 20.2 Å². The summed E-state index contributed by atoms with van der Waals surface area (Å²) in [6.45, 7) is 7.41. The number of rotatable bonds is 6. The van der Waals surface area contributed by atoms with Gasteiger partial charge >= 0.3 is 0 Å². The summed E-state index contributed by atoms with van der Waals surface area (Å²) in [5, 5.41) is 3.10. The number of amides is 1. The molecule has 5 heteroatoms. The molecule has 23 heavy (non-hydrogen) atoms. The fourth-order valence-corrected chi connectivity index (χ4v) is 2.95. The Kier molecular flexibility index (Phi) is 5.99. The van der Waals surface area contributed by atoms with Crippen molar-refractivity contribution < 1.29 is 9.53 Å². The summed E-state index contributed by atoms with van der Waals surface area (Å²) in [5.41, 5.74) is 0.576. The van der Waals surface area contributed by atoms with Crippen LogP contribution < -0.4 is 10.1 Å². The van der Waals surface area contributed by atoms with Crippen LogP contribution in [-0.4, -0.2) is 47.6 Å². The van der Waals surface area contributed by atoms with Crippen LogP contribution in [0.5, 0.6) is 5.88 Å². The van der Waals surface area contributed by atoms with Gasteiger partial charge in [0.25, 0.3) is 0 Å². The molecular weight excluding hydrogens is 290 g/mol. The molecule has 5 nitrogen and oxygen atoms in total. The van der Waals surface area contributed by atoms with Crippen molar-refractivity contribution in [2.45, 2.75) is 58.0 Å².